The summed E-state index contributed by atoms with van der Waals surface area (Å²) in [5.74, 6) is 0.761. The first-order valence-electron chi connectivity index (χ1n) is 7.63. The van der Waals surface area contributed by atoms with E-state index in [-0.39, 0.29) is 6.61 Å². The number of anilines is 1. The number of rotatable bonds is 3. The van der Waals surface area contributed by atoms with Gasteiger partial charge in [-0.05, 0) is 13.3 Å². The molecule has 0 spiro atoms. The molecule has 124 valence electrons. The fraction of sp³-hybridized carbons (Fsp3) is 0.643. The van der Waals surface area contributed by atoms with Crippen LogP contribution in [0.15, 0.2) is 12.7 Å². The Bertz CT molecular complexity index is 729. The maximum Gasteiger partial charge on any atom is 0.168 e. The topological polar surface area (TPSA) is 117 Å². The van der Waals surface area contributed by atoms with Gasteiger partial charge in [-0.15, -0.1) is 0 Å². The van der Waals surface area contributed by atoms with Crippen molar-refractivity contribution >= 4 is 17.0 Å². The molecule has 2 aromatic rings. The van der Waals surface area contributed by atoms with Crippen LogP contribution in [0.4, 0.5) is 5.82 Å². The minimum absolute atomic E-state index is 0.380. The number of aliphatic hydroxyl groups is 3. The number of imidazole rings is 1. The van der Waals surface area contributed by atoms with Crippen LogP contribution in [-0.2, 0) is 4.74 Å². The van der Waals surface area contributed by atoms with Crippen LogP contribution in [0.2, 0.25) is 0 Å². The number of aliphatic hydroxyl groups excluding tert-OH is 2. The molecule has 2 aromatic heterocycles. The molecule has 3 N–H and O–H groups in total. The van der Waals surface area contributed by atoms with E-state index in [1.807, 2.05) is 0 Å². The van der Waals surface area contributed by atoms with Gasteiger partial charge in [-0.2, -0.15) is 0 Å². The smallest absolute Gasteiger partial charge is 0.168 e. The largest absolute Gasteiger partial charge is 0.394 e. The summed E-state index contributed by atoms with van der Waals surface area (Å²) in [7, 11) is 0. The predicted octanol–water partition coefficient (Wildman–Crippen LogP) is -0.962. The molecule has 0 aromatic carbocycles. The van der Waals surface area contributed by atoms with Crippen molar-refractivity contribution in [1.29, 1.82) is 0 Å². The molecule has 4 atom stereocenters. The molecule has 9 nitrogen and oxygen atoms in total. The second-order valence-electron chi connectivity index (χ2n) is 6.24. The highest BCUT2D eigenvalue weighted by atomic mass is 16.6. The van der Waals surface area contributed by atoms with Gasteiger partial charge in [-0.3, -0.25) is 4.57 Å². The summed E-state index contributed by atoms with van der Waals surface area (Å²) in [4.78, 5) is 15.0. The molecule has 0 bridgehead atoms. The number of fused-ring (bicyclic) bond motifs is 1. The number of hydrogen-bond donors (Lipinski definition) is 3. The highest BCUT2D eigenvalue weighted by Crippen LogP contribution is 2.39. The van der Waals surface area contributed by atoms with Gasteiger partial charge in [0.05, 0.1) is 12.9 Å². The summed E-state index contributed by atoms with van der Waals surface area (Å²) in [6, 6.07) is 0. The third kappa shape index (κ3) is 2.04. The first kappa shape index (κ1) is 14.8. The van der Waals surface area contributed by atoms with Gasteiger partial charge >= 0.3 is 0 Å². The van der Waals surface area contributed by atoms with E-state index in [4.69, 9.17) is 4.74 Å². The van der Waals surface area contributed by atoms with Gasteiger partial charge < -0.3 is 25.0 Å². The maximum atomic E-state index is 10.6. The van der Waals surface area contributed by atoms with Crippen LogP contribution in [0.1, 0.15) is 19.6 Å². The third-order valence-electron chi connectivity index (χ3n) is 4.68. The molecule has 0 radical (unpaired) electrons. The second-order valence-corrected chi connectivity index (χ2v) is 6.24. The summed E-state index contributed by atoms with van der Waals surface area (Å²) in [6.45, 7) is 2.96. The quantitative estimate of drug-likeness (QED) is 0.662. The molecular formula is C14H19N5O4. The Hall–Kier alpha value is -1.81. The normalized spacial score (nSPS) is 34.1. The van der Waals surface area contributed by atoms with E-state index in [1.54, 1.807) is 4.57 Å². The lowest BCUT2D eigenvalue weighted by Crippen LogP contribution is -2.44. The van der Waals surface area contributed by atoms with Crippen molar-refractivity contribution in [3.05, 3.63) is 12.7 Å². The molecule has 2 fully saturated rings. The minimum Gasteiger partial charge on any atom is -0.394 e. The van der Waals surface area contributed by atoms with Gasteiger partial charge in [0.25, 0.3) is 0 Å². The van der Waals surface area contributed by atoms with Gasteiger partial charge in [0.15, 0.2) is 23.2 Å². The molecule has 2 aliphatic heterocycles. The lowest BCUT2D eigenvalue weighted by atomic mass is 9.96. The number of nitrogens with zero attached hydrogens (tertiary/aromatic N) is 5. The Morgan fingerprint density at radius 2 is 2.13 bits per heavy atom. The summed E-state index contributed by atoms with van der Waals surface area (Å²) < 4.78 is 7.21. The second kappa shape index (κ2) is 5.10. The summed E-state index contributed by atoms with van der Waals surface area (Å²) in [5, 5.41) is 30.0. The van der Waals surface area contributed by atoms with Gasteiger partial charge in [0.1, 0.15) is 24.1 Å². The van der Waals surface area contributed by atoms with Crippen LogP contribution in [0, 0.1) is 0 Å². The molecule has 0 saturated carbocycles. The Morgan fingerprint density at radius 1 is 1.35 bits per heavy atom. The van der Waals surface area contributed by atoms with Crippen molar-refractivity contribution in [3.8, 4) is 0 Å². The highest BCUT2D eigenvalue weighted by Gasteiger charge is 2.53. The van der Waals surface area contributed by atoms with Crippen LogP contribution >= 0.6 is 0 Å². The monoisotopic (exact) mass is 321 g/mol. The van der Waals surface area contributed by atoms with Gasteiger partial charge in [-0.1, -0.05) is 0 Å². The standard InChI is InChI=1S/C14H19N5O4/c1-14(22)10(21)8(5-20)23-13(14)19-7-17-9-11(18-3-2-4-18)15-6-16-12(9)19/h6-8,10,13,20-22H,2-5H2,1H3/t8-,10-,13?,14-/m1/s1. The molecule has 9 heteroatoms. The number of ether oxygens (including phenoxy) is 1. The van der Waals surface area contributed by atoms with Gasteiger partial charge in [0.2, 0.25) is 0 Å². The molecule has 2 aliphatic rings. The van der Waals surface area contributed by atoms with E-state index in [9.17, 15) is 15.3 Å². The zero-order valence-electron chi connectivity index (χ0n) is 12.7. The van der Waals surface area contributed by atoms with Crippen LogP contribution in [-0.4, -0.2) is 72.3 Å². The van der Waals surface area contributed by atoms with Crippen molar-refractivity contribution in [2.24, 2.45) is 0 Å². The van der Waals surface area contributed by atoms with Crippen LogP contribution in [0.25, 0.3) is 11.2 Å². The molecule has 0 amide bonds. The summed E-state index contributed by atoms with van der Waals surface area (Å²) in [5.41, 5.74) is -0.408. The number of aromatic nitrogens is 4. The first-order chi connectivity index (χ1) is 11.0. The molecular weight excluding hydrogens is 302 g/mol. The maximum absolute atomic E-state index is 10.6. The third-order valence-corrected chi connectivity index (χ3v) is 4.68. The van der Waals surface area contributed by atoms with E-state index in [2.05, 4.69) is 19.9 Å². The fourth-order valence-corrected chi connectivity index (χ4v) is 3.16. The Morgan fingerprint density at radius 3 is 2.74 bits per heavy atom. The molecule has 23 heavy (non-hydrogen) atoms. The van der Waals surface area contributed by atoms with Crippen molar-refractivity contribution in [3.63, 3.8) is 0 Å². The van der Waals surface area contributed by atoms with Crippen molar-refractivity contribution in [2.75, 3.05) is 24.6 Å². The molecule has 4 rings (SSSR count). The van der Waals surface area contributed by atoms with Crippen molar-refractivity contribution in [2.45, 2.75) is 37.4 Å². The molecule has 0 aliphatic carbocycles. The van der Waals surface area contributed by atoms with Crippen molar-refractivity contribution in [1.82, 2.24) is 19.5 Å². The lowest BCUT2D eigenvalue weighted by Gasteiger charge is -2.32. The van der Waals surface area contributed by atoms with E-state index in [0.29, 0.717) is 11.2 Å². The van der Waals surface area contributed by atoms with E-state index in [1.165, 1.54) is 19.6 Å². The number of hydrogen-bond acceptors (Lipinski definition) is 8. The molecule has 2 saturated heterocycles. The summed E-state index contributed by atoms with van der Waals surface area (Å²) >= 11 is 0. The molecule has 4 heterocycles. The summed E-state index contributed by atoms with van der Waals surface area (Å²) in [6.07, 6.45) is 1.15. The van der Waals surface area contributed by atoms with E-state index >= 15 is 0 Å². The van der Waals surface area contributed by atoms with Crippen molar-refractivity contribution < 1.29 is 20.1 Å². The van der Waals surface area contributed by atoms with Crippen LogP contribution < -0.4 is 4.90 Å². The Labute approximate surface area is 132 Å². The predicted molar refractivity (Wildman–Crippen MR) is 79.8 cm³/mol. The van der Waals surface area contributed by atoms with Crippen LogP contribution in [0.3, 0.4) is 0 Å². The zero-order valence-corrected chi connectivity index (χ0v) is 12.7. The minimum atomic E-state index is -1.57. The molecule has 1 unspecified atom stereocenters. The fourth-order valence-electron chi connectivity index (χ4n) is 3.16. The lowest BCUT2D eigenvalue weighted by molar-refractivity contribution is -0.0950. The van der Waals surface area contributed by atoms with Crippen LogP contribution in [0.5, 0.6) is 0 Å². The zero-order chi connectivity index (χ0) is 16.2. The Kier molecular flexibility index (Phi) is 3.27. The SMILES string of the molecule is C[C@]1(O)C(n2cnc3c(N4CCC4)ncnc32)O[C@H](CO)[C@H]1O. The Balaban J connectivity index is 1.78. The van der Waals surface area contributed by atoms with E-state index < -0.39 is 24.0 Å². The van der Waals surface area contributed by atoms with Gasteiger partial charge in [0, 0.05) is 13.1 Å². The van der Waals surface area contributed by atoms with Gasteiger partial charge in [-0.25, -0.2) is 15.0 Å². The highest BCUT2D eigenvalue weighted by molar-refractivity contribution is 5.83. The van der Waals surface area contributed by atoms with E-state index in [0.717, 1.165) is 25.3 Å². The first-order valence-corrected chi connectivity index (χ1v) is 7.63. The average Bonchev–Trinajstić information content (AvgIpc) is 2.99. The average molecular weight is 321 g/mol.